The fourth-order valence-electron chi connectivity index (χ4n) is 3.20. The van der Waals surface area contributed by atoms with Gasteiger partial charge in [-0.25, -0.2) is 15.0 Å². The van der Waals surface area contributed by atoms with Gasteiger partial charge in [0.15, 0.2) is 0 Å². The predicted octanol–water partition coefficient (Wildman–Crippen LogP) is 1.76. The summed E-state index contributed by atoms with van der Waals surface area (Å²) < 4.78 is 1.80. The number of carbonyl (C=O) groups is 1. The molecule has 0 unspecified atom stereocenters. The molecular weight excluding hydrogens is 316 g/mol. The van der Waals surface area contributed by atoms with Crippen LogP contribution in [0.25, 0.3) is 0 Å². The molecule has 0 aromatic carbocycles. The lowest BCUT2D eigenvalue weighted by atomic mass is 9.96. The van der Waals surface area contributed by atoms with Crippen molar-refractivity contribution in [3.63, 3.8) is 0 Å². The molecule has 1 aliphatic rings. The summed E-state index contributed by atoms with van der Waals surface area (Å²) >= 11 is 0. The van der Waals surface area contributed by atoms with Crippen molar-refractivity contribution in [3.8, 4) is 0 Å². The molecule has 1 fully saturated rings. The lowest BCUT2D eigenvalue weighted by Crippen LogP contribution is -2.40. The largest absolute Gasteiger partial charge is 0.341 e. The molecule has 0 saturated carbocycles. The van der Waals surface area contributed by atoms with Gasteiger partial charge in [0.1, 0.15) is 5.69 Å². The first-order valence-electron chi connectivity index (χ1n) is 8.86. The molecule has 134 valence electrons. The summed E-state index contributed by atoms with van der Waals surface area (Å²) in [6.07, 6.45) is 10.3. The van der Waals surface area contributed by atoms with Gasteiger partial charge in [0.05, 0.1) is 6.33 Å². The Bertz CT molecular complexity index is 703. The van der Waals surface area contributed by atoms with Crippen molar-refractivity contribution in [2.24, 2.45) is 13.0 Å². The lowest BCUT2D eigenvalue weighted by molar-refractivity contribution is 0.0759. The average molecular weight is 342 g/mol. The molecule has 0 bridgehead atoms. The third-order valence-corrected chi connectivity index (χ3v) is 4.80. The molecule has 3 heterocycles. The van der Waals surface area contributed by atoms with Crippen LogP contribution in [0, 0.1) is 5.92 Å². The number of piperidine rings is 1. The van der Waals surface area contributed by atoms with Crippen molar-refractivity contribution in [2.45, 2.75) is 26.2 Å². The molecule has 25 heavy (non-hydrogen) atoms. The molecular formula is C18H26N6O. The molecule has 7 nitrogen and oxygen atoms in total. The number of rotatable bonds is 5. The van der Waals surface area contributed by atoms with E-state index in [9.17, 15) is 4.79 Å². The van der Waals surface area contributed by atoms with E-state index in [2.05, 4.69) is 26.8 Å². The number of aryl methyl sites for hydroxylation is 2. The first kappa shape index (κ1) is 17.4. The van der Waals surface area contributed by atoms with E-state index in [1.165, 1.54) is 0 Å². The summed E-state index contributed by atoms with van der Waals surface area (Å²) in [5, 5.41) is 0. The topological polar surface area (TPSA) is 67.2 Å². The van der Waals surface area contributed by atoms with Crippen LogP contribution in [0.3, 0.4) is 0 Å². The van der Waals surface area contributed by atoms with Gasteiger partial charge in [-0.05, 0) is 30.7 Å². The van der Waals surface area contributed by atoms with E-state index in [1.54, 1.807) is 22.0 Å². The highest BCUT2D eigenvalue weighted by molar-refractivity contribution is 5.91. The second kappa shape index (κ2) is 7.63. The Balaban J connectivity index is 1.50. The zero-order chi connectivity index (χ0) is 17.8. The Kier molecular flexibility index (Phi) is 5.31. The Morgan fingerprint density at radius 1 is 1.24 bits per heavy atom. The van der Waals surface area contributed by atoms with Crippen LogP contribution in [-0.2, 0) is 13.5 Å². The second-order valence-corrected chi connectivity index (χ2v) is 6.79. The molecule has 2 aromatic rings. The van der Waals surface area contributed by atoms with Gasteiger partial charge >= 0.3 is 0 Å². The monoisotopic (exact) mass is 342 g/mol. The summed E-state index contributed by atoms with van der Waals surface area (Å²) in [5.74, 6) is 1.30. The second-order valence-electron chi connectivity index (χ2n) is 6.79. The smallest absolute Gasteiger partial charge is 0.273 e. The Hall–Kier alpha value is -2.44. The van der Waals surface area contributed by atoms with E-state index in [-0.39, 0.29) is 5.91 Å². The molecule has 7 heteroatoms. The van der Waals surface area contributed by atoms with Gasteiger partial charge in [0.25, 0.3) is 5.91 Å². The van der Waals surface area contributed by atoms with Gasteiger partial charge in [-0.3, -0.25) is 4.79 Å². The first-order chi connectivity index (χ1) is 12.1. The molecule has 0 atom stereocenters. The summed E-state index contributed by atoms with van der Waals surface area (Å²) in [4.78, 5) is 29.5. The number of hydrogen-bond acceptors (Lipinski definition) is 5. The van der Waals surface area contributed by atoms with Crippen LogP contribution < -0.4 is 4.90 Å². The summed E-state index contributed by atoms with van der Waals surface area (Å²) in [6, 6.07) is 0. The van der Waals surface area contributed by atoms with Gasteiger partial charge in [-0.2, -0.15) is 0 Å². The van der Waals surface area contributed by atoms with Crippen molar-refractivity contribution >= 4 is 11.9 Å². The number of carbonyl (C=O) groups excluding carboxylic acids is 1. The van der Waals surface area contributed by atoms with E-state index >= 15 is 0 Å². The van der Waals surface area contributed by atoms with Gasteiger partial charge in [0, 0.05) is 52.3 Å². The highest BCUT2D eigenvalue weighted by Crippen LogP contribution is 2.21. The van der Waals surface area contributed by atoms with Crippen molar-refractivity contribution in [1.29, 1.82) is 0 Å². The minimum atomic E-state index is -0.0125. The third-order valence-electron chi connectivity index (χ3n) is 4.80. The van der Waals surface area contributed by atoms with Crippen LogP contribution in [0.5, 0.6) is 0 Å². The summed E-state index contributed by atoms with van der Waals surface area (Å²) in [6.45, 7) is 4.73. The van der Waals surface area contributed by atoms with Gasteiger partial charge in [-0.1, -0.05) is 6.92 Å². The SMILES string of the molecule is CCc1cnc(N2CCC(CN(C)C(=O)c3cn(C)cn3)CC2)nc1. The van der Waals surface area contributed by atoms with Crippen molar-refractivity contribution in [1.82, 2.24) is 24.4 Å². The molecule has 0 radical (unpaired) electrons. The maximum absolute atomic E-state index is 12.4. The molecule has 0 aliphatic carbocycles. The number of imidazole rings is 1. The zero-order valence-electron chi connectivity index (χ0n) is 15.2. The van der Waals surface area contributed by atoms with Gasteiger partial charge in [0.2, 0.25) is 5.95 Å². The fourth-order valence-corrected chi connectivity index (χ4v) is 3.20. The van der Waals surface area contributed by atoms with Crippen LogP contribution in [0.2, 0.25) is 0 Å². The Morgan fingerprint density at radius 3 is 2.48 bits per heavy atom. The molecule has 3 rings (SSSR count). The van der Waals surface area contributed by atoms with Crippen LogP contribution in [0.1, 0.15) is 35.8 Å². The van der Waals surface area contributed by atoms with Crippen molar-refractivity contribution in [3.05, 3.63) is 36.2 Å². The van der Waals surface area contributed by atoms with Crippen LogP contribution in [0.4, 0.5) is 5.95 Å². The number of hydrogen-bond donors (Lipinski definition) is 0. The van der Waals surface area contributed by atoms with Crippen LogP contribution in [-0.4, -0.2) is 57.0 Å². The Morgan fingerprint density at radius 2 is 1.92 bits per heavy atom. The quantitative estimate of drug-likeness (QED) is 0.828. The first-order valence-corrected chi connectivity index (χ1v) is 8.86. The van der Waals surface area contributed by atoms with Crippen LogP contribution in [0.15, 0.2) is 24.9 Å². The molecule has 1 aliphatic heterocycles. The van der Waals surface area contributed by atoms with Gasteiger partial charge < -0.3 is 14.4 Å². The molecule has 0 spiro atoms. The summed E-state index contributed by atoms with van der Waals surface area (Å²) in [7, 11) is 3.73. The van der Waals surface area contributed by atoms with Crippen molar-refractivity contribution < 1.29 is 4.79 Å². The number of amides is 1. The predicted molar refractivity (Wildman–Crippen MR) is 96.5 cm³/mol. The van der Waals surface area contributed by atoms with E-state index in [4.69, 9.17) is 0 Å². The van der Waals surface area contributed by atoms with Crippen LogP contribution >= 0.6 is 0 Å². The van der Waals surface area contributed by atoms with E-state index in [1.807, 2.05) is 26.5 Å². The van der Waals surface area contributed by atoms with Crippen molar-refractivity contribution in [2.75, 3.05) is 31.6 Å². The average Bonchev–Trinajstić information content (AvgIpc) is 3.08. The molecule has 1 amide bonds. The maximum atomic E-state index is 12.4. The van der Waals surface area contributed by atoms with E-state index in [0.29, 0.717) is 11.6 Å². The zero-order valence-corrected chi connectivity index (χ0v) is 15.2. The Labute approximate surface area is 148 Å². The third kappa shape index (κ3) is 4.15. The van der Waals surface area contributed by atoms with Gasteiger partial charge in [-0.15, -0.1) is 0 Å². The number of nitrogens with zero attached hydrogens (tertiary/aromatic N) is 6. The summed E-state index contributed by atoms with van der Waals surface area (Å²) in [5.41, 5.74) is 1.67. The molecule has 0 N–H and O–H groups in total. The molecule has 1 saturated heterocycles. The lowest BCUT2D eigenvalue weighted by Gasteiger charge is -2.33. The molecule has 2 aromatic heterocycles. The number of aromatic nitrogens is 4. The normalized spacial score (nSPS) is 15.4. The minimum Gasteiger partial charge on any atom is -0.341 e. The fraction of sp³-hybridized carbons (Fsp3) is 0.556. The van der Waals surface area contributed by atoms with E-state index in [0.717, 1.165) is 50.4 Å². The maximum Gasteiger partial charge on any atom is 0.273 e. The standard InChI is InChI=1S/C18H26N6O/c1-4-14-9-19-18(20-10-14)24-7-5-15(6-8-24)11-23(3)17(25)16-12-22(2)13-21-16/h9-10,12-13,15H,4-8,11H2,1-3H3. The highest BCUT2D eigenvalue weighted by atomic mass is 16.2. The number of anilines is 1. The highest BCUT2D eigenvalue weighted by Gasteiger charge is 2.24. The van der Waals surface area contributed by atoms with E-state index < -0.39 is 0 Å². The minimum absolute atomic E-state index is 0.0125.